The number of ether oxygens (including phenoxy) is 1. The van der Waals surface area contributed by atoms with Crippen LogP contribution in [0.15, 0.2) is 42.5 Å². The Labute approximate surface area is 126 Å². The highest BCUT2D eigenvalue weighted by Crippen LogP contribution is 2.20. The van der Waals surface area contributed by atoms with Crippen molar-refractivity contribution in [3.8, 4) is 0 Å². The van der Waals surface area contributed by atoms with E-state index < -0.39 is 23.3 Å². The Morgan fingerprint density at radius 2 is 1.77 bits per heavy atom. The summed E-state index contributed by atoms with van der Waals surface area (Å²) in [5, 5.41) is 11.8. The van der Waals surface area contributed by atoms with Crippen LogP contribution in [-0.4, -0.2) is 23.7 Å². The van der Waals surface area contributed by atoms with Crippen molar-refractivity contribution in [1.29, 1.82) is 0 Å². The molecule has 6 heteroatoms. The second kappa shape index (κ2) is 6.71. The zero-order chi connectivity index (χ0) is 16.1. The summed E-state index contributed by atoms with van der Waals surface area (Å²) in [5.74, 6) is -2.54. The number of benzene rings is 2. The monoisotopic (exact) mass is 303 g/mol. The lowest BCUT2D eigenvalue weighted by atomic mass is 10.1. The maximum Gasteiger partial charge on any atom is 0.338 e. The maximum atomic E-state index is 13.3. The summed E-state index contributed by atoms with van der Waals surface area (Å²) >= 11 is 0. The van der Waals surface area contributed by atoms with Crippen LogP contribution in [0.2, 0.25) is 0 Å². The first-order valence-corrected chi connectivity index (χ1v) is 6.58. The Morgan fingerprint density at radius 1 is 1.14 bits per heavy atom. The van der Waals surface area contributed by atoms with Gasteiger partial charge in [0.2, 0.25) is 0 Å². The number of hydrogen-bond acceptors (Lipinski definition) is 4. The van der Waals surface area contributed by atoms with Crippen LogP contribution in [-0.2, 0) is 4.74 Å². The fourth-order valence-electron chi connectivity index (χ4n) is 1.84. The van der Waals surface area contributed by atoms with E-state index in [0.29, 0.717) is 23.5 Å². The number of esters is 1. The topological polar surface area (TPSA) is 75.6 Å². The van der Waals surface area contributed by atoms with Crippen LogP contribution >= 0.6 is 0 Å². The summed E-state index contributed by atoms with van der Waals surface area (Å²) in [4.78, 5) is 22.4. The predicted octanol–water partition coefficient (Wildman–Crippen LogP) is 3.44. The molecule has 0 atom stereocenters. The molecule has 0 aliphatic carbocycles. The maximum absolute atomic E-state index is 13.3. The van der Waals surface area contributed by atoms with E-state index in [-0.39, 0.29) is 0 Å². The van der Waals surface area contributed by atoms with E-state index in [1.807, 2.05) is 0 Å². The van der Waals surface area contributed by atoms with Gasteiger partial charge in [0.05, 0.1) is 17.7 Å². The zero-order valence-corrected chi connectivity index (χ0v) is 11.8. The largest absolute Gasteiger partial charge is 0.478 e. The Hall–Kier alpha value is -2.89. The van der Waals surface area contributed by atoms with Gasteiger partial charge in [0.1, 0.15) is 5.82 Å². The Kier molecular flexibility index (Phi) is 4.73. The van der Waals surface area contributed by atoms with Crippen molar-refractivity contribution >= 4 is 23.3 Å². The van der Waals surface area contributed by atoms with E-state index in [0.717, 1.165) is 6.07 Å². The third-order valence-electron chi connectivity index (χ3n) is 2.88. The second-order valence-electron chi connectivity index (χ2n) is 4.42. The molecule has 0 aliphatic rings. The molecule has 0 aliphatic heterocycles. The fourth-order valence-corrected chi connectivity index (χ4v) is 1.84. The van der Waals surface area contributed by atoms with Gasteiger partial charge < -0.3 is 15.2 Å². The summed E-state index contributed by atoms with van der Waals surface area (Å²) in [7, 11) is 0. The van der Waals surface area contributed by atoms with Crippen LogP contribution in [0.1, 0.15) is 27.6 Å². The number of carbonyl (C=O) groups excluding carboxylic acids is 1. The van der Waals surface area contributed by atoms with Crippen molar-refractivity contribution in [2.24, 2.45) is 0 Å². The van der Waals surface area contributed by atoms with Gasteiger partial charge in [-0.15, -0.1) is 0 Å². The molecule has 0 amide bonds. The van der Waals surface area contributed by atoms with Crippen molar-refractivity contribution in [3.05, 3.63) is 59.4 Å². The van der Waals surface area contributed by atoms with Gasteiger partial charge in [0, 0.05) is 11.4 Å². The minimum absolute atomic E-state index is 0.298. The average molecular weight is 303 g/mol. The molecule has 114 valence electrons. The summed E-state index contributed by atoms with van der Waals surface area (Å²) in [6, 6.07) is 10.2. The number of carboxylic acid groups (broad SMARTS) is 1. The van der Waals surface area contributed by atoms with Crippen molar-refractivity contribution in [2.75, 3.05) is 11.9 Å². The number of halogens is 1. The molecule has 5 nitrogen and oxygen atoms in total. The third-order valence-corrected chi connectivity index (χ3v) is 2.88. The number of rotatable bonds is 5. The Balaban J connectivity index is 2.16. The van der Waals surface area contributed by atoms with E-state index in [1.54, 1.807) is 31.2 Å². The molecule has 0 heterocycles. The van der Waals surface area contributed by atoms with Gasteiger partial charge in [-0.1, -0.05) is 0 Å². The van der Waals surface area contributed by atoms with Gasteiger partial charge in [-0.2, -0.15) is 0 Å². The lowest BCUT2D eigenvalue weighted by molar-refractivity contribution is 0.0526. The second-order valence-corrected chi connectivity index (χ2v) is 4.42. The number of carbonyl (C=O) groups is 2. The first-order valence-electron chi connectivity index (χ1n) is 6.58. The summed E-state index contributed by atoms with van der Waals surface area (Å²) in [6.45, 7) is 2.02. The molecule has 2 rings (SSSR count). The zero-order valence-electron chi connectivity index (χ0n) is 11.8. The van der Waals surface area contributed by atoms with Crippen molar-refractivity contribution in [3.63, 3.8) is 0 Å². The molecule has 2 N–H and O–H groups in total. The first-order chi connectivity index (χ1) is 10.5. The van der Waals surface area contributed by atoms with Gasteiger partial charge in [-0.25, -0.2) is 14.0 Å². The first kappa shape index (κ1) is 15.5. The fraction of sp³-hybridized carbons (Fsp3) is 0.125. The lowest BCUT2D eigenvalue weighted by Crippen LogP contribution is -2.04. The molecule has 0 bridgehead atoms. The highest BCUT2D eigenvalue weighted by molar-refractivity contribution is 5.90. The van der Waals surface area contributed by atoms with E-state index >= 15 is 0 Å². The number of anilines is 2. The van der Waals surface area contributed by atoms with E-state index in [2.05, 4.69) is 5.32 Å². The summed E-state index contributed by atoms with van der Waals surface area (Å²) < 4.78 is 18.2. The third kappa shape index (κ3) is 3.60. The number of nitrogens with one attached hydrogen (secondary N) is 1. The smallest absolute Gasteiger partial charge is 0.338 e. The molecular weight excluding hydrogens is 289 g/mol. The highest BCUT2D eigenvalue weighted by atomic mass is 19.1. The minimum Gasteiger partial charge on any atom is -0.478 e. The normalized spacial score (nSPS) is 10.1. The molecule has 0 unspecified atom stereocenters. The molecule has 0 aromatic heterocycles. The molecule has 0 radical (unpaired) electrons. The highest BCUT2D eigenvalue weighted by Gasteiger charge is 2.11. The van der Waals surface area contributed by atoms with Gasteiger partial charge >= 0.3 is 11.9 Å². The molecule has 0 saturated carbocycles. The van der Waals surface area contributed by atoms with Gasteiger partial charge in [-0.3, -0.25) is 0 Å². The van der Waals surface area contributed by atoms with Crippen LogP contribution in [0.25, 0.3) is 0 Å². The molecule has 0 saturated heterocycles. The van der Waals surface area contributed by atoms with Crippen LogP contribution in [0.5, 0.6) is 0 Å². The van der Waals surface area contributed by atoms with Crippen LogP contribution in [0.3, 0.4) is 0 Å². The van der Waals surface area contributed by atoms with Crippen LogP contribution in [0, 0.1) is 5.82 Å². The van der Waals surface area contributed by atoms with Gasteiger partial charge in [-0.05, 0) is 49.4 Å². The molecule has 2 aromatic rings. The van der Waals surface area contributed by atoms with Crippen molar-refractivity contribution < 1.29 is 23.8 Å². The SMILES string of the molecule is CCOC(=O)c1ccc(Nc2ccc(F)c(C(=O)O)c2)cc1. The van der Waals surface area contributed by atoms with Crippen molar-refractivity contribution in [2.45, 2.75) is 6.92 Å². The summed E-state index contributed by atoms with van der Waals surface area (Å²) in [6.07, 6.45) is 0. The van der Waals surface area contributed by atoms with E-state index in [9.17, 15) is 14.0 Å². The minimum atomic E-state index is -1.33. The molecular formula is C16H14FNO4. The molecule has 22 heavy (non-hydrogen) atoms. The molecule has 0 fully saturated rings. The predicted molar refractivity (Wildman–Crippen MR) is 79.0 cm³/mol. The molecule has 2 aromatic carbocycles. The quantitative estimate of drug-likeness (QED) is 0.827. The van der Waals surface area contributed by atoms with Gasteiger partial charge in [0.15, 0.2) is 0 Å². The van der Waals surface area contributed by atoms with Crippen molar-refractivity contribution in [1.82, 2.24) is 0 Å². The summed E-state index contributed by atoms with van der Waals surface area (Å²) in [5.41, 5.74) is 1.07. The van der Waals surface area contributed by atoms with E-state index in [4.69, 9.17) is 9.84 Å². The standard InChI is InChI=1S/C16H14FNO4/c1-2-22-16(21)10-3-5-11(6-4-10)18-12-7-8-14(17)13(9-12)15(19)20/h3-9,18H,2H2,1H3,(H,19,20). The number of hydrogen-bond donors (Lipinski definition) is 2. The van der Waals surface area contributed by atoms with E-state index in [1.165, 1.54) is 12.1 Å². The van der Waals surface area contributed by atoms with Crippen LogP contribution < -0.4 is 5.32 Å². The Bertz CT molecular complexity index is 698. The number of carboxylic acids is 1. The lowest BCUT2D eigenvalue weighted by Gasteiger charge is -2.08. The van der Waals surface area contributed by atoms with Gasteiger partial charge in [0.25, 0.3) is 0 Å². The average Bonchev–Trinajstić information content (AvgIpc) is 2.50. The number of aromatic carboxylic acids is 1. The molecule has 0 spiro atoms. The van der Waals surface area contributed by atoms with Crippen LogP contribution in [0.4, 0.5) is 15.8 Å². The Morgan fingerprint density at radius 3 is 2.36 bits per heavy atom.